The average Bonchev–Trinajstić information content (AvgIpc) is 3.22. The van der Waals surface area contributed by atoms with E-state index in [0.29, 0.717) is 18.2 Å². The van der Waals surface area contributed by atoms with Crippen LogP contribution in [0.1, 0.15) is 51.9 Å². The fourth-order valence-corrected chi connectivity index (χ4v) is 4.77. The molecule has 5 heteroatoms. The zero-order valence-electron chi connectivity index (χ0n) is 13.0. The molecule has 120 valence electrons. The van der Waals surface area contributed by atoms with Crippen LogP contribution in [0.2, 0.25) is 0 Å². The maximum Gasteiger partial charge on any atom is 0.315 e. The van der Waals surface area contributed by atoms with E-state index in [1.54, 1.807) is 0 Å². The predicted molar refractivity (Wildman–Crippen MR) is 86.7 cm³/mol. The third-order valence-electron chi connectivity index (χ3n) is 4.92. The molecule has 3 rings (SSSR count). The van der Waals surface area contributed by atoms with E-state index in [9.17, 15) is 4.79 Å². The van der Waals surface area contributed by atoms with Gasteiger partial charge in [-0.1, -0.05) is 6.92 Å². The second kappa shape index (κ2) is 7.23. The van der Waals surface area contributed by atoms with Crippen molar-refractivity contribution in [2.75, 3.05) is 12.4 Å². The summed E-state index contributed by atoms with van der Waals surface area (Å²) in [7, 11) is 0. The van der Waals surface area contributed by atoms with Crippen molar-refractivity contribution in [1.29, 1.82) is 0 Å². The molecule has 3 aliphatic rings. The Labute approximate surface area is 132 Å². The number of carbonyl (C=O) groups is 1. The third kappa shape index (κ3) is 4.52. The zero-order chi connectivity index (χ0) is 14.7. The standard InChI is InChI=1S/C16H28N2O2S/c1-2-21-14-6-5-12(9-14)17-16(19)18-13-7-8-20-15(10-13)11-3-4-11/h11-15H,2-10H2,1H3,(H2,17,18,19)/t12-,13-,14+,15+/m0/s1. The molecule has 0 spiro atoms. The molecule has 4 atom stereocenters. The lowest BCUT2D eigenvalue weighted by molar-refractivity contribution is -0.00917. The van der Waals surface area contributed by atoms with Gasteiger partial charge < -0.3 is 15.4 Å². The normalized spacial score (nSPS) is 36.4. The monoisotopic (exact) mass is 312 g/mol. The number of rotatable bonds is 5. The zero-order valence-corrected chi connectivity index (χ0v) is 13.8. The molecule has 1 heterocycles. The van der Waals surface area contributed by atoms with Gasteiger partial charge in [-0.25, -0.2) is 4.79 Å². The van der Waals surface area contributed by atoms with Gasteiger partial charge in [-0.2, -0.15) is 11.8 Å². The Kier molecular flexibility index (Phi) is 5.33. The van der Waals surface area contributed by atoms with E-state index in [1.165, 1.54) is 25.0 Å². The second-order valence-corrected chi connectivity index (χ2v) is 8.25. The Hall–Kier alpha value is -0.420. The van der Waals surface area contributed by atoms with Crippen LogP contribution in [0.25, 0.3) is 0 Å². The van der Waals surface area contributed by atoms with Crippen molar-refractivity contribution in [3.05, 3.63) is 0 Å². The van der Waals surface area contributed by atoms with E-state index < -0.39 is 0 Å². The van der Waals surface area contributed by atoms with Crippen molar-refractivity contribution in [2.24, 2.45) is 5.92 Å². The second-order valence-electron chi connectivity index (χ2n) is 6.67. The first-order chi connectivity index (χ1) is 10.2. The van der Waals surface area contributed by atoms with Gasteiger partial charge in [-0.15, -0.1) is 0 Å². The van der Waals surface area contributed by atoms with Crippen molar-refractivity contribution in [2.45, 2.75) is 75.3 Å². The van der Waals surface area contributed by atoms with Crippen LogP contribution in [-0.4, -0.2) is 41.8 Å². The Morgan fingerprint density at radius 3 is 2.57 bits per heavy atom. The molecule has 21 heavy (non-hydrogen) atoms. The SMILES string of the molecule is CCS[C@@H]1CC[C@H](NC(=O)N[C@H]2CCO[C@@H](C3CC3)C2)C1. The van der Waals surface area contributed by atoms with Crippen molar-refractivity contribution in [3.8, 4) is 0 Å². The summed E-state index contributed by atoms with van der Waals surface area (Å²) in [5.74, 6) is 1.94. The topological polar surface area (TPSA) is 50.4 Å². The Bertz CT molecular complexity index is 362. The highest BCUT2D eigenvalue weighted by molar-refractivity contribution is 7.99. The molecule has 0 bridgehead atoms. The fourth-order valence-electron chi connectivity index (χ4n) is 3.63. The van der Waals surface area contributed by atoms with Gasteiger partial charge in [0.2, 0.25) is 0 Å². The van der Waals surface area contributed by atoms with E-state index in [0.717, 1.165) is 43.5 Å². The van der Waals surface area contributed by atoms with Gasteiger partial charge in [-0.05, 0) is 56.6 Å². The predicted octanol–water partition coefficient (Wildman–Crippen LogP) is 2.92. The molecule has 0 radical (unpaired) electrons. The molecule has 0 aromatic heterocycles. The number of hydrogen-bond donors (Lipinski definition) is 2. The van der Waals surface area contributed by atoms with Crippen LogP contribution in [0.5, 0.6) is 0 Å². The number of thioether (sulfide) groups is 1. The maximum absolute atomic E-state index is 12.2. The smallest absolute Gasteiger partial charge is 0.315 e. The van der Waals surface area contributed by atoms with Crippen LogP contribution >= 0.6 is 11.8 Å². The quantitative estimate of drug-likeness (QED) is 0.820. The van der Waals surface area contributed by atoms with Crippen molar-refractivity contribution >= 4 is 17.8 Å². The van der Waals surface area contributed by atoms with Crippen molar-refractivity contribution < 1.29 is 9.53 Å². The molecule has 3 fully saturated rings. The first-order valence-corrected chi connectivity index (χ1v) is 9.59. The summed E-state index contributed by atoms with van der Waals surface area (Å²) in [5, 5.41) is 7.08. The molecule has 0 aromatic carbocycles. The van der Waals surface area contributed by atoms with Crippen molar-refractivity contribution in [3.63, 3.8) is 0 Å². The molecule has 4 nitrogen and oxygen atoms in total. The van der Waals surface area contributed by atoms with Gasteiger partial charge in [0, 0.05) is 23.9 Å². The molecule has 2 saturated carbocycles. The Morgan fingerprint density at radius 2 is 1.86 bits per heavy atom. The lowest BCUT2D eigenvalue weighted by atomic mass is 10.0. The Morgan fingerprint density at radius 1 is 1.10 bits per heavy atom. The summed E-state index contributed by atoms with van der Waals surface area (Å²) in [4.78, 5) is 12.2. The molecular weight excluding hydrogens is 284 g/mol. The molecule has 2 aliphatic carbocycles. The van der Waals surface area contributed by atoms with Gasteiger partial charge in [-0.3, -0.25) is 0 Å². The lowest BCUT2D eigenvalue weighted by Gasteiger charge is -2.30. The van der Waals surface area contributed by atoms with Gasteiger partial charge in [0.15, 0.2) is 0 Å². The summed E-state index contributed by atoms with van der Waals surface area (Å²) in [6.45, 7) is 3.00. The molecular formula is C16H28N2O2S. The van der Waals surface area contributed by atoms with Gasteiger partial charge in [0.25, 0.3) is 0 Å². The first kappa shape index (κ1) is 15.5. The van der Waals surface area contributed by atoms with Crippen LogP contribution in [0, 0.1) is 5.92 Å². The van der Waals surface area contributed by atoms with E-state index in [-0.39, 0.29) is 6.03 Å². The molecule has 2 N–H and O–H groups in total. The van der Waals surface area contributed by atoms with Crippen LogP contribution in [0.4, 0.5) is 4.79 Å². The van der Waals surface area contributed by atoms with Gasteiger partial charge in [0.1, 0.15) is 0 Å². The molecule has 0 unspecified atom stereocenters. The number of urea groups is 1. The summed E-state index contributed by atoms with van der Waals surface area (Å²) >= 11 is 2.03. The lowest BCUT2D eigenvalue weighted by Crippen LogP contribution is -2.48. The van der Waals surface area contributed by atoms with E-state index in [4.69, 9.17) is 4.74 Å². The number of amides is 2. The van der Waals surface area contributed by atoms with Crippen LogP contribution in [0.3, 0.4) is 0 Å². The van der Waals surface area contributed by atoms with Gasteiger partial charge >= 0.3 is 6.03 Å². The molecule has 1 aliphatic heterocycles. The minimum absolute atomic E-state index is 0.0311. The molecule has 2 amide bonds. The van der Waals surface area contributed by atoms with Crippen LogP contribution in [0.15, 0.2) is 0 Å². The van der Waals surface area contributed by atoms with Crippen LogP contribution < -0.4 is 10.6 Å². The maximum atomic E-state index is 12.2. The highest BCUT2D eigenvalue weighted by Crippen LogP contribution is 2.38. The summed E-state index contributed by atoms with van der Waals surface area (Å²) in [6.07, 6.45) is 8.45. The van der Waals surface area contributed by atoms with Gasteiger partial charge in [0.05, 0.1) is 6.10 Å². The number of ether oxygens (including phenoxy) is 1. The average molecular weight is 312 g/mol. The highest BCUT2D eigenvalue weighted by Gasteiger charge is 2.36. The molecule has 1 saturated heterocycles. The number of carbonyl (C=O) groups excluding carboxylic acids is 1. The Balaban J connectivity index is 1.37. The van der Waals surface area contributed by atoms with Crippen molar-refractivity contribution in [1.82, 2.24) is 10.6 Å². The number of hydrogen-bond acceptors (Lipinski definition) is 3. The first-order valence-electron chi connectivity index (χ1n) is 8.54. The summed E-state index contributed by atoms with van der Waals surface area (Å²) in [6, 6.07) is 0.697. The number of nitrogens with one attached hydrogen (secondary N) is 2. The minimum atomic E-state index is 0.0311. The highest BCUT2D eigenvalue weighted by atomic mass is 32.2. The van der Waals surface area contributed by atoms with E-state index in [1.807, 2.05) is 11.8 Å². The van der Waals surface area contributed by atoms with E-state index >= 15 is 0 Å². The largest absolute Gasteiger partial charge is 0.378 e. The van der Waals surface area contributed by atoms with Crippen LogP contribution in [-0.2, 0) is 4.74 Å². The third-order valence-corrected chi connectivity index (χ3v) is 6.15. The summed E-state index contributed by atoms with van der Waals surface area (Å²) < 4.78 is 5.81. The minimum Gasteiger partial charge on any atom is -0.378 e. The molecule has 0 aromatic rings. The summed E-state index contributed by atoms with van der Waals surface area (Å²) in [5.41, 5.74) is 0. The fraction of sp³-hybridized carbons (Fsp3) is 0.938. The van der Waals surface area contributed by atoms with E-state index in [2.05, 4.69) is 17.6 Å².